The molecule has 0 unspecified atom stereocenters. The molecule has 0 fully saturated rings. The lowest BCUT2D eigenvalue weighted by molar-refractivity contribution is 0.136. The molecule has 0 heterocycles. The Morgan fingerprint density at radius 3 is 2.50 bits per heavy atom. The normalized spacial score (nSPS) is 11.7. The van der Waals surface area contributed by atoms with Gasteiger partial charge in [0.25, 0.3) is 0 Å². The second-order valence-electron chi connectivity index (χ2n) is 4.45. The molecule has 2 aromatic carbocycles. The second kappa shape index (κ2) is 7.10. The molecule has 0 spiro atoms. The van der Waals surface area contributed by atoms with Crippen LogP contribution in [0.2, 0.25) is 0 Å². The van der Waals surface area contributed by atoms with Crippen LogP contribution < -0.4 is 5.32 Å². The number of rotatable bonds is 4. The topological polar surface area (TPSA) is 38.3 Å². The minimum Gasteiger partial charge on any atom is -0.445 e. The molecular formula is C16H16BrNO2. The van der Waals surface area contributed by atoms with Crippen molar-refractivity contribution in [2.24, 2.45) is 0 Å². The highest BCUT2D eigenvalue weighted by molar-refractivity contribution is 9.10. The van der Waals surface area contributed by atoms with Gasteiger partial charge in [-0.05, 0) is 24.1 Å². The van der Waals surface area contributed by atoms with Gasteiger partial charge in [-0.25, -0.2) is 4.79 Å². The molecule has 2 rings (SSSR count). The lowest BCUT2D eigenvalue weighted by atomic mass is 10.1. The molecular weight excluding hydrogens is 318 g/mol. The molecule has 0 saturated heterocycles. The Morgan fingerprint density at radius 1 is 1.15 bits per heavy atom. The van der Waals surface area contributed by atoms with Gasteiger partial charge < -0.3 is 10.1 Å². The smallest absolute Gasteiger partial charge is 0.407 e. The Morgan fingerprint density at radius 2 is 1.80 bits per heavy atom. The number of carbonyl (C=O) groups is 1. The summed E-state index contributed by atoms with van der Waals surface area (Å²) in [5.41, 5.74) is 1.99. The summed E-state index contributed by atoms with van der Waals surface area (Å²) in [5, 5.41) is 2.82. The molecule has 2 aromatic rings. The molecule has 0 aliphatic rings. The highest BCUT2D eigenvalue weighted by Crippen LogP contribution is 2.22. The van der Waals surface area contributed by atoms with Crippen molar-refractivity contribution in [2.75, 3.05) is 0 Å². The molecule has 0 aromatic heterocycles. The zero-order valence-corrected chi connectivity index (χ0v) is 12.8. The van der Waals surface area contributed by atoms with Gasteiger partial charge in [-0.15, -0.1) is 0 Å². The third-order valence-electron chi connectivity index (χ3n) is 2.92. The standard InChI is InChI=1S/C16H16BrNO2/c1-12(14-9-5-6-10-15(14)17)18-16(19)20-11-13-7-3-2-4-8-13/h2-10,12H,11H2,1H3,(H,18,19)/t12-/m0/s1. The first kappa shape index (κ1) is 14.6. The van der Waals surface area contributed by atoms with Gasteiger partial charge in [0, 0.05) is 4.47 Å². The van der Waals surface area contributed by atoms with Gasteiger partial charge in [-0.3, -0.25) is 0 Å². The number of benzene rings is 2. The van der Waals surface area contributed by atoms with Crippen molar-refractivity contribution in [1.29, 1.82) is 0 Å². The molecule has 0 saturated carbocycles. The molecule has 0 aliphatic carbocycles. The van der Waals surface area contributed by atoms with Gasteiger partial charge in [-0.2, -0.15) is 0 Å². The van der Waals surface area contributed by atoms with Crippen LogP contribution in [-0.2, 0) is 11.3 Å². The van der Waals surface area contributed by atoms with Crippen LogP contribution in [-0.4, -0.2) is 6.09 Å². The van der Waals surface area contributed by atoms with E-state index in [1.165, 1.54) is 0 Å². The Kier molecular flexibility index (Phi) is 5.18. The van der Waals surface area contributed by atoms with Crippen LogP contribution in [0.25, 0.3) is 0 Å². The van der Waals surface area contributed by atoms with E-state index in [1.54, 1.807) is 0 Å². The second-order valence-corrected chi connectivity index (χ2v) is 5.30. The van der Waals surface area contributed by atoms with E-state index in [0.717, 1.165) is 15.6 Å². The minimum absolute atomic E-state index is 0.117. The van der Waals surface area contributed by atoms with Crippen molar-refractivity contribution < 1.29 is 9.53 Å². The number of amides is 1. The highest BCUT2D eigenvalue weighted by Gasteiger charge is 2.12. The maximum absolute atomic E-state index is 11.8. The molecule has 0 radical (unpaired) electrons. The van der Waals surface area contributed by atoms with Crippen LogP contribution >= 0.6 is 15.9 Å². The number of hydrogen-bond donors (Lipinski definition) is 1. The zero-order valence-electron chi connectivity index (χ0n) is 11.2. The van der Waals surface area contributed by atoms with E-state index in [0.29, 0.717) is 0 Å². The monoisotopic (exact) mass is 333 g/mol. The van der Waals surface area contributed by atoms with Crippen molar-refractivity contribution >= 4 is 22.0 Å². The van der Waals surface area contributed by atoms with Crippen molar-refractivity contribution in [2.45, 2.75) is 19.6 Å². The molecule has 20 heavy (non-hydrogen) atoms. The van der Waals surface area contributed by atoms with Gasteiger partial charge in [0.1, 0.15) is 6.61 Å². The van der Waals surface area contributed by atoms with Crippen molar-refractivity contribution in [3.8, 4) is 0 Å². The van der Waals surface area contributed by atoms with E-state index < -0.39 is 6.09 Å². The van der Waals surface area contributed by atoms with Crippen LogP contribution in [0.3, 0.4) is 0 Å². The Labute approximate surface area is 127 Å². The average Bonchev–Trinajstić information content (AvgIpc) is 2.46. The number of ether oxygens (including phenoxy) is 1. The summed E-state index contributed by atoms with van der Waals surface area (Å²) in [6, 6.07) is 17.3. The predicted octanol–water partition coefficient (Wildman–Crippen LogP) is 4.44. The average molecular weight is 334 g/mol. The third kappa shape index (κ3) is 4.10. The number of nitrogens with one attached hydrogen (secondary N) is 1. The van der Waals surface area contributed by atoms with Crippen LogP contribution in [0.4, 0.5) is 4.79 Å². The van der Waals surface area contributed by atoms with Crippen molar-refractivity contribution in [1.82, 2.24) is 5.32 Å². The summed E-state index contributed by atoms with van der Waals surface area (Å²) >= 11 is 3.47. The molecule has 4 heteroatoms. The van der Waals surface area contributed by atoms with Crippen LogP contribution in [0, 0.1) is 0 Å². The van der Waals surface area contributed by atoms with Crippen molar-refractivity contribution in [3.05, 3.63) is 70.2 Å². The molecule has 1 amide bonds. The van der Waals surface area contributed by atoms with Gasteiger partial charge in [0.15, 0.2) is 0 Å². The van der Waals surface area contributed by atoms with E-state index >= 15 is 0 Å². The fraction of sp³-hybridized carbons (Fsp3) is 0.188. The fourth-order valence-electron chi connectivity index (χ4n) is 1.85. The summed E-state index contributed by atoms with van der Waals surface area (Å²) in [6.07, 6.45) is -0.419. The van der Waals surface area contributed by atoms with Crippen LogP contribution in [0.1, 0.15) is 24.1 Å². The Bertz CT molecular complexity index is 572. The van der Waals surface area contributed by atoms with Crippen molar-refractivity contribution in [3.63, 3.8) is 0 Å². The van der Waals surface area contributed by atoms with E-state index in [2.05, 4.69) is 21.2 Å². The lowest BCUT2D eigenvalue weighted by Crippen LogP contribution is -2.27. The summed E-state index contributed by atoms with van der Waals surface area (Å²) in [5.74, 6) is 0. The SMILES string of the molecule is C[C@H](NC(=O)OCc1ccccc1)c1ccccc1Br. The molecule has 1 N–H and O–H groups in total. The first-order valence-electron chi connectivity index (χ1n) is 6.38. The summed E-state index contributed by atoms with van der Waals surface area (Å²) < 4.78 is 6.16. The summed E-state index contributed by atoms with van der Waals surface area (Å²) in [4.78, 5) is 11.8. The Balaban J connectivity index is 1.87. The number of alkyl carbamates (subject to hydrolysis) is 1. The predicted molar refractivity (Wildman–Crippen MR) is 82.3 cm³/mol. The number of hydrogen-bond acceptors (Lipinski definition) is 2. The molecule has 1 atom stereocenters. The molecule has 0 aliphatic heterocycles. The van der Waals surface area contributed by atoms with E-state index in [1.807, 2.05) is 61.5 Å². The zero-order chi connectivity index (χ0) is 14.4. The number of carbonyl (C=O) groups excluding carboxylic acids is 1. The first-order chi connectivity index (χ1) is 9.66. The lowest BCUT2D eigenvalue weighted by Gasteiger charge is -2.15. The highest BCUT2D eigenvalue weighted by atomic mass is 79.9. The summed E-state index contributed by atoms with van der Waals surface area (Å²) in [6.45, 7) is 2.19. The number of halogens is 1. The van der Waals surface area contributed by atoms with Crippen LogP contribution in [0.15, 0.2) is 59.1 Å². The largest absolute Gasteiger partial charge is 0.445 e. The van der Waals surface area contributed by atoms with Gasteiger partial charge in [0.2, 0.25) is 0 Å². The minimum atomic E-state index is -0.419. The summed E-state index contributed by atoms with van der Waals surface area (Å²) in [7, 11) is 0. The molecule has 104 valence electrons. The fourth-order valence-corrected chi connectivity index (χ4v) is 2.47. The molecule has 0 bridgehead atoms. The van der Waals surface area contributed by atoms with E-state index in [-0.39, 0.29) is 12.6 Å². The quantitative estimate of drug-likeness (QED) is 0.898. The molecule has 3 nitrogen and oxygen atoms in total. The van der Waals surface area contributed by atoms with Crippen LogP contribution in [0.5, 0.6) is 0 Å². The first-order valence-corrected chi connectivity index (χ1v) is 7.18. The van der Waals surface area contributed by atoms with E-state index in [9.17, 15) is 4.79 Å². The van der Waals surface area contributed by atoms with Gasteiger partial charge >= 0.3 is 6.09 Å². The maximum Gasteiger partial charge on any atom is 0.407 e. The maximum atomic E-state index is 11.8. The van der Waals surface area contributed by atoms with Gasteiger partial charge in [-0.1, -0.05) is 64.5 Å². The Hall–Kier alpha value is -1.81. The van der Waals surface area contributed by atoms with E-state index in [4.69, 9.17) is 4.74 Å². The van der Waals surface area contributed by atoms with Gasteiger partial charge in [0.05, 0.1) is 6.04 Å². The third-order valence-corrected chi connectivity index (χ3v) is 3.64.